The third-order valence-electron chi connectivity index (χ3n) is 4.98. The van der Waals surface area contributed by atoms with Gasteiger partial charge in [-0.1, -0.05) is 36.4 Å². The number of sulfonamides is 1. The highest BCUT2D eigenvalue weighted by Gasteiger charge is 2.27. The minimum Gasteiger partial charge on any atom is -0.494 e. The van der Waals surface area contributed by atoms with Crippen molar-refractivity contribution in [3.63, 3.8) is 0 Å². The van der Waals surface area contributed by atoms with Crippen LogP contribution in [0.15, 0.2) is 77.7 Å². The number of aryl methyl sites for hydroxylation is 1. The molecule has 34 heavy (non-hydrogen) atoms. The maximum absolute atomic E-state index is 13.1. The van der Waals surface area contributed by atoms with Gasteiger partial charge in [-0.25, -0.2) is 8.42 Å². The monoisotopic (exact) mass is 483 g/mol. The highest BCUT2D eigenvalue weighted by Crippen LogP contribution is 2.23. The van der Waals surface area contributed by atoms with Crippen molar-refractivity contribution in [2.75, 3.05) is 11.9 Å². The van der Waals surface area contributed by atoms with E-state index in [-0.39, 0.29) is 22.7 Å². The molecule has 0 aliphatic rings. The highest BCUT2D eigenvalue weighted by atomic mass is 32.2. The number of rotatable bonds is 10. The van der Waals surface area contributed by atoms with Crippen LogP contribution in [0.5, 0.6) is 5.75 Å². The second-order valence-corrected chi connectivity index (χ2v) is 9.23. The Bertz CT molecular complexity index is 1280. The standard InChI is InChI=1S/C24H25N3O6S/c1-3-33-23-13-12-21(14-17(23)2)34(31,32)26-22(15-18-8-5-4-6-9-18)24(28)25-19-10-7-11-20(16-19)27(29)30/h4-14,16,22,26H,3,15H2,1-2H3,(H,25,28)/t22-/m1/s1. The molecule has 0 bridgehead atoms. The van der Waals surface area contributed by atoms with Gasteiger partial charge >= 0.3 is 0 Å². The topological polar surface area (TPSA) is 128 Å². The van der Waals surface area contributed by atoms with E-state index in [1.54, 1.807) is 37.3 Å². The van der Waals surface area contributed by atoms with E-state index in [4.69, 9.17) is 4.74 Å². The molecule has 9 nitrogen and oxygen atoms in total. The van der Waals surface area contributed by atoms with Gasteiger partial charge in [0.2, 0.25) is 15.9 Å². The summed E-state index contributed by atoms with van der Waals surface area (Å²) in [5.74, 6) is -0.0683. The zero-order valence-electron chi connectivity index (χ0n) is 18.7. The minimum atomic E-state index is -4.07. The summed E-state index contributed by atoms with van der Waals surface area (Å²) in [7, 11) is -4.07. The molecule has 0 aliphatic carbocycles. The van der Waals surface area contributed by atoms with Gasteiger partial charge in [0.15, 0.2) is 0 Å². The number of benzene rings is 3. The fourth-order valence-corrected chi connectivity index (χ4v) is 4.61. The van der Waals surface area contributed by atoms with Crippen LogP contribution >= 0.6 is 0 Å². The van der Waals surface area contributed by atoms with E-state index in [9.17, 15) is 23.3 Å². The lowest BCUT2D eigenvalue weighted by Crippen LogP contribution is -2.45. The van der Waals surface area contributed by atoms with E-state index in [1.165, 1.54) is 36.4 Å². The van der Waals surface area contributed by atoms with E-state index in [0.29, 0.717) is 17.9 Å². The summed E-state index contributed by atoms with van der Waals surface area (Å²) in [5.41, 5.74) is 1.38. The van der Waals surface area contributed by atoms with Crippen molar-refractivity contribution in [1.29, 1.82) is 0 Å². The fourth-order valence-electron chi connectivity index (χ4n) is 3.33. The van der Waals surface area contributed by atoms with Gasteiger partial charge in [-0.3, -0.25) is 14.9 Å². The van der Waals surface area contributed by atoms with Crippen molar-refractivity contribution in [1.82, 2.24) is 4.72 Å². The molecular weight excluding hydrogens is 458 g/mol. The number of hydrogen-bond donors (Lipinski definition) is 2. The van der Waals surface area contributed by atoms with Crippen molar-refractivity contribution >= 4 is 27.3 Å². The Balaban J connectivity index is 1.88. The molecule has 0 spiro atoms. The summed E-state index contributed by atoms with van der Waals surface area (Å²) in [6.07, 6.45) is 0.0802. The summed E-state index contributed by atoms with van der Waals surface area (Å²) in [5, 5.41) is 13.6. The summed E-state index contributed by atoms with van der Waals surface area (Å²) in [4.78, 5) is 23.5. The fraction of sp³-hybridized carbons (Fsp3) is 0.208. The lowest BCUT2D eigenvalue weighted by molar-refractivity contribution is -0.384. The summed E-state index contributed by atoms with van der Waals surface area (Å²) < 4.78 is 34.2. The van der Waals surface area contributed by atoms with Crippen molar-refractivity contribution in [3.05, 3.63) is 94.0 Å². The molecule has 0 fully saturated rings. The molecule has 0 saturated carbocycles. The molecule has 0 heterocycles. The molecule has 3 aromatic carbocycles. The highest BCUT2D eigenvalue weighted by molar-refractivity contribution is 7.89. The second-order valence-electron chi connectivity index (χ2n) is 7.52. The van der Waals surface area contributed by atoms with Crippen LogP contribution in [0, 0.1) is 17.0 Å². The molecule has 1 atom stereocenters. The minimum absolute atomic E-state index is 0.00494. The van der Waals surface area contributed by atoms with Gasteiger partial charge < -0.3 is 10.1 Å². The first-order valence-corrected chi connectivity index (χ1v) is 12.0. The zero-order valence-corrected chi connectivity index (χ0v) is 19.5. The second kappa shape index (κ2) is 10.9. The van der Waals surface area contributed by atoms with Crippen LogP contribution in [0.4, 0.5) is 11.4 Å². The molecule has 0 aromatic heterocycles. The first-order chi connectivity index (χ1) is 16.2. The number of amides is 1. The van der Waals surface area contributed by atoms with Gasteiger partial charge in [-0.05, 0) is 55.7 Å². The first-order valence-electron chi connectivity index (χ1n) is 10.5. The molecule has 0 saturated heterocycles. The van der Waals surface area contributed by atoms with Crippen molar-refractivity contribution in [3.8, 4) is 5.75 Å². The smallest absolute Gasteiger partial charge is 0.271 e. The molecule has 3 aromatic rings. The Morgan fingerprint density at radius 3 is 2.44 bits per heavy atom. The lowest BCUT2D eigenvalue weighted by Gasteiger charge is -2.19. The van der Waals surface area contributed by atoms with Gasteiger partial charge in [-0.15, -0.1) is 0 Å². The molecule has 178 valence electrons. The Kier molecular flexibility index (Phi) is 7.98. The Hall–Kier alpha value is -3.76. The maximum Gasteiger partial charge on any atom is 0.271 e. The average Bonchev–Trinajstić information content (AvgIpc) is 2.80. The third kappa shape index (κ3) is 6.40. The van der Waals surface area contributed by atoms with Crippen LogP contribution in [0.25, 0.3) is 0 Å². The largest absolute Gasteiger partial charge is 0.494 e. The van der Waals surface area contributed by atoms with E-state index < -0.39 is 26.9 Å². The van der Waals surface area contributed by atoms with Crippen LogP contribution in [0.2, 0.25) is 0 Å². The first kappa shape index (κ1) is 24.9. The number of carbonyl (C=O) groups is 1. The molecule has 2 N–H and O–H groups in total. The van der Waals surface area contributed by atoms with Crippen molar-refractivity contribution in [2.45, 2.75) is 31.2 Å². The van der Waals surface area contributed by atoms with Gasteiger partial charge in [0, 0.05) is 17.8 Å². The maximum atomic E-state index is 13.1. The molecular formula is C24H25N3O6S. The average molecular weight is 484 g/mol. The lowest BCUT2D eigenvalue weighted by atomic mass is 10.1. The normalized spacial score (nSPS) is 12.1. The van der Waals surface area contributed by atoms with Gasteiger partial charge in [0.1, 0.15) is 11.8 Å². The van der Waals surface area contributed by atoms with E-state index in [0.717, 1.165) is 5.56 Å². The van der Waals surface area contributed by atoms with Crippen LogP contribution < -0.4 is 14.8 Å². The number of anilines is 1. The van der Waals surface area contributed by atoms with E-state index in [2.05, 4.69) is 10.0 Å². The Morgan fingerprint density at radius 2 is 1.79 bits per heavy atom. The van der Waals surface area contributed by atoms with Gasteiger partial charge in [0.25, 0.3) is 5.69 Å². The summed E-state index contributed by atoms with van der Waals surface area (Å²) in [6.45, 7) is 4.02. The molecule has 10 heteroatoms. The molecule has 0 unspecified atom stereocenters. The van der Waals surface area contributed by atoms with Crippen LogP contribution in [-0.4, -0.2) is 31.9 Å². The molecule has 0 aliphatic heterocycles. The van der Waals surface area contributed by atoms with Gasteiger partial charge in [-0.2, -0.15) is 4.72 Å². The van der Waals surface area contributed by atoms with Gasteiger partial charge in [0.05, 0.1) is 16.4 Å². The third-order valence-corrected chi connectivity index (χ3v) is 6.45. The number of nitrogens with zero attached hydrogens (tertiary/aromatic N) is 1. The number of hydrogen-bond acceptors (Lipinski definition) is 6. The van der Waals surface area contributed by atoms with Crippen LogP contribution in [-0.2, 0) is 21.2 Å². The predicted molar refractivity (Wildman–Crippen MR) is 128 cm³/mol. The van der Waals surface area contributed by atoms with Crippen LogP contribution in [0.3, 0.4) is 0 Å². The quantitative estimate of drug-likeness (QED) is 0.333. The summed E-state index contributed by atoms with van der Waals surface area (Å²) in [6, 6.07) is 17.7. The number of ether oxygens (including phenoxy) is 1. The summed E-state index contributed by atoms with van der Waals surface area (Å²) >= 11 is 0. The molecule has 1 amide bonds. The number of non-ortho nitro benzene ring substituents is 1. The van der Waals surface area contributed by atoms with E-state index >= 15 is 0 Å². The molecule has 3 rings (SSSR count). The number of nitrogens with one attached hydrogen (secondary N) is 2. The molecule has 0 radical (unpaired) electrons. The number of carbonyl (C=O) groups excluding carboxylic acids is 1. The Morgan fingerprint density at radius 1 is 1.06 bits per heavy atom. The van der Waals surface area contributed by atoms with Crippen molar-refractivity contribution < 1.29 is 22.9 Å². The predicted octanol–water partition coefficient (Wildman–Crippen LogP) is 3.83. The van der Waals surface area contributed by atoms with E-state index in [1.807, 2.05) is 13.0 Å². The SMILES string of the molecule is CCOc1ccc(S(=O)(=O)N[C@H](Cc2ccccc2)C(=O)Nc2cccc([N+](=O)[O-])c2)cc1C. The number of nitro benzene ring substituents is 1. The Labute approximate surface area is 198 Å². The number of nitro groups is 1. The zero-order chi connectivity index (χ0) is 24.7. The van der Waals surface area contributed by atoms with Crippen LogP contribution in [0.1, 0.15) is 18.1 Å². The van der Waals surface area contributed by atoms with Crippen molar-refractivity contribution in [2.24, 2.45) is 0 Å².